The number of halogens is 1. The van der Waals surface area contributed by atoms with Crippen molar-refractivity contribution in [3.05, 3.63) is 29.0 Å². The van der Waals surface area contributed by atoms with Crippen molar-refractivity contribution in [1.82, 2.24) is 9.88 Å². The third kappa shape index (κ3) is 3.43. The molecule has 1 aromatic rings. The summed E-state index contributed by atoms with van der Waals surface area (Å²) in [5, 5.41) is 0.583. The number of rotatable bonds is 3. The lowest BCUT2D eigenvalue weighted by Crippen LogP contribution is -2.36. The van der Waals surface area contributed by atoms with Crippen LogP contribution in [0.3, 0.4) is 0 Å². The predicted octanol–water partition coefficient (Wildman–Crippen LogP) is 3.92. The molecule has 1 aliphatic rings. The van der Waals surface area contributed by atoms with Gasteiger partial charge >= 0.3 is 0 Å². The van der Waals surface area contributed by atoms with E-state index in [-0.39, 0.29) is 0 Å². The van der Waals surface area contributed by atoms with E-state index in [2.05, 4.69) is 29.8 Å². The van der Waals surface area contributed by atoms with Crippen LogP contribution in [-0.2, 0) is 0 Å². The minimum absolute atomic E-state index is 0.538. The predicted molar refractivity (Wildman–Crippen MR) is 72.3 cm³/mol. The van der Waals surface area contributed by atoms with Crippen LogP contribution in [0.4, 0.5) is 0 Å². The summed E-state index contributed by atoms with van der Waals surface area (Å²) in [7, 11) is 0. The van der Waals surface area contributed by atoms with E-state index < -0.39 is 0 Å². The van der Waals surface area contributed by atoms with Crippen LogP contribution in [0, 0.1) is 5.92 Å². The van der Waals surface area contributed by atoms with Gasteiger partial charge in [-0.15, -0.1) is 0 Å². The van der Waals surface area contributed by atoms with E-state index in [1.54, 1.807) is 0 Å². The zero-order valence-corrected chi connectivity index (χ0v) is 11.5. The summed E-state index contributed by atoms with van der Waals surface area (Å²) >= 11 is 5.85. The molecule has 0 unspecified atom stereocenters. The van der Waals surface area contributed by atoms with Crippen molar-refractivity contribution in [2.45, 2.75) is 39.2 Å². The molecule has 1 aromatic heterocycles. The van der Waals surface area contributed by atoms with Gasteiger partial charge in [-0.1, -0.05) is 37.9 Å². The maximum atomic E-state index is 5.85. The SMILES string of the molecule is CC(C)CN1CCCC[C@H]1c1ccc(Cl)nc1. The minimum Gasteiger partial charge on any atom is -0.296 e. The molecule has 1 atom stereocenters. The summed E-state index contributed by atoms with van der Waals surface area (Å²) in [6.07, 6.45) is 5.83. The molecule has 0 bridgehead atoms. The molecular weight excluding hydrogens is 232 g/mol. The van der Waals surface area contributed by atoms with Gasteiger partial charge in [-0.2, -0.15) is 0 Å². The van der Waals surface area contributed by atoms with Crippen LogP contribution in [0.25, 0.3) is 0 Å². The Morgan fingerprint density at radius 1 is 1.41 bits per heavy atom. The van der Waals surface area contributed by atoms with E-state index in [0.717, 1.165) is 5.92 Å². The van der Waals surface area contributed by atoms with Gasteiger partial charge in [0.25, 0.3) is 0 Å². The van der Waals surface area contributed by atoms with Crippen molar-refractivity contribution < 1.29 is 0 Å². The first kappa shape index (κ1) is 12.8. The summed E-state index contributed by atoms with van der Waals surface area (Å²) < 4.78 is 0. The summed E-state index contributed by atoms with van der Waals surface area (Å²) in [6, 6.07) is 4.56. The zero-order chi connectivity index (χ0) is 12.3. The highest BCUT2D eigenvalue weighted by atomic mass is 35.5. The van der Waals surface area contributed by atoms with Crippen LogP contribution >= 0.6 is 11.6 Å². The fraction of sp³-hybridized carbons (Fsp3) is 0.643. The number of aromatic nitrogens is 1. The number of likely N-dealkylation sites (tertiary alicyclic amines) is 1. The van der Waals surface area contributed by atoms with E-state index in [0.29, 0.717) is 11.2 Å². The molecule has 0 spiro atoms. The summed E-state index contributed by atoms with van der Waals surface area (Å²) in [5.41, 5.74) is 1.31. The van der Waals surface area contributed by atoms with Crippen LogP contribution < -0.4 is 0 Å². The van der Waals surface area contributed by atoms with Crippen LogP contribution in [0.1, 0.15) is 44.7 Å². The maximum absolute atomic E-state index is 5.85. The highest BCUT2D eigenvalue weighted by Crippen LogP contribution is 2.31. The second-order valence-electron chi connectivity index (χ2n) is 5.31. The summed E-state index contributed by atoms with van der Waals surface area (Å²) in [4.78, 5) is 6.80. The molecule has 0 aromatic carbocycles. The lowest BCUT2D eigenvalue weighted by atomic mass is 9.95. The summed E-state index contributed by atoms with van der Waals surface area (Å²) in [6.45, 7) is 6.95. The molecule has 0 radical (unpaired) electrons. The van der Waals surface area contributed by atoms with Gasteiger partial charge in [-0.25, -0.2) is 4.98 Å². The molecule has 0 saturated carbocycles. The van der Waals surface area contributed by atoms with Crippen molar-refractivity contribution in [1.29, 1.82) is 0 Å². The molecule has 2 nitrogen and oxygen atoms in total. The molecular formula is C14H21ClN2. The van der Waals surface area contributed by atoms with Gasteiger partial charge in [0.05, 0.1) is 0 Å². The number of piperidine rings is 1. The van der Waals surface area contributed by atoms with Crippen LogP contribution in [0.5, 0.6) is 0 Å². The van der Waals surface area contributed by atoms with Gasteiger partial charge in [0.2, 0.25) is 0 Å². The Morgan fingerprint density at radius 3 is 2.88 bits per heavy atom. The van der Waals surface area contributed by atoms with Crippen molar-refractivity contribution in [2.75, 3.05) is 13.1 Å². The van der Waals surface area contributed by atoms with Gasteiger partial charge in [0, 0.05) is 18.8 Å². The third-order valence-corrected chi connectivity index (χ3v) is 3.57. The van der Waals surface area contributed by atoms with Crippen LogP contribution in [0.15, 0.2) is 18.3 Å². The molecule has 1 fully saturated rings. The average Bonchev–Trinajstić information content (AvgIpc) is 2.30. The Morgan fingerprint density at radius 2 is 2.24 bits per heavy atom. The highest BCUT2D eigenvalue weighted by Gasteiger charge is 2.24. The van der Waals surface area contributed by atoms with Gasteiger partial charge in [0.1, 0.15) is 5.15 Å². The molecule has 0 amide bonds. The van der Waals surface area contributed by atoms with Crippen LogP contribution in [0.2, 0.25) is 5.15 Å². The maximum Gasteiger partial charge on any atom is 0.129 e. The van der Waals surface area contributed by atoms with Gasteiger partial charge < -0.3 is 0 Å². The molecule has 1 aliphatic heterocycles. The van der Waals surface area contributed by atoms with Crippen LogP contribution in [-0.4, -0.2) is 23.0 Å². The minimum atomic E-state index is 0.538. The number of pyridine rings is 1. The highest BCUT2D eigenvalue weighted by molar-refractivity contribution is 6.29. The standard InChI is InChI=1S/C14H21ClN2/c1-11(2)10-17-8-4-3-5-13(17)12-6-7-14(15)16-9-12/h6-7,9,11,13H,3-5,8,10H2,1-2H3/t13-/m0/s1. The quantitative estimate of drug-likeness (QED) is 0.758. The van der Waals surface area contributed by atoms with Crippen molar-refractivity contribution >= 4 is 11.6 Å². The normalized spacial score (nSPS) is 22.0. The number of nitrogens with zero attached hydrogens (tertiary/aromatic N) is 2. The molecule has 2 rings (SSSR count). The van der Waals surface area contributed by atoms with Crippen molar-refractivity contribution in [3.8, 4) is 0 Å². The Labute approximate surface area is 109 Å². The first-order valence-corrected chi connectivity index (χ1v) is 6.90. The summed E-state index contributed by atoms with van der Waals surface area (Å²) in [5.74, 6) is 0.718. The third-order valence-electron chi connectivity index (χ3n) is 3.35. The lowest BCUT2D eigenvalue weighted by Gasteiger charge is -2.37. The molecule has 1 saturated heterocycles. The average molecular weight is 253 g/mol. The fourth-order valence-corrected chi connectivity index (χ4v) is 2.75. The largest absolute Gasteiger partial charge is 0.296 e. The Balaban J connectivity index is 2.12. The van der Waals surface area contributed by atoms with Crippen molar-refractivity contribution in [3.63, 3.8) is 0 Å². The Kier molecular flexibility index (Phi) is 4.41. The molecule has 2 heterocycles. The number of hydrogen-bond donors (Lipinski definition) is 0. The van der Waals surface area contributed by atoms with E-state index >= 15 is 0 Å². The van der Waals surface area contributed by atoms with Gasteiger partial charge in [0.15, 0.2) is 0 Å². The first-order chi connectivity index (χ1) is 8.16. The van der Waals surface area contributed by atoms with Gasteiger partial charge in [-0.3, -0.25) is 4.90 Å². The number of hydrogen-bond acceptors (Lipinski definition) is 2. The second-order valence-corrected chi connectivity index (χ2v) is 5.70. The smallest absolute Gasteiger partial charge is 0.129 e. The Bertz CT molecular complexity index is 348. The van der Waals surface area contributed by atoms with E-state index in [4.69, 9.17) is 11.6 Å². The molecule has 3 heteroatoms. The zero-order valence-electron chi connectivity index (χ0n) is 10.7. The fourth-order valence-electron chi connectivity index (χ4n) is 2.64. The molecule has 0 aliphatic carbocycles. The van der Waals surface area contributed by atoms with E-state index in [1.165, 1.54) is 37.9 Å². The monoisotopic (exact) mass is 252 g/mol. The van der Waals surface area contributed by atoms with E-state index in [1.807, 2.05) is 12.3 Å². The molecule has 17 heavy (non-hydrogen) atoms. The molecule has 0 N–H and O–H groups in total. The first-order valence-electron chi connectivity index (χ1n) is 6.52. The second kappa shape index (κ2) is 5.83. The molecule has 94 valence electrons. The van der Waals surface area contributed by atoms with E-state index in [9.17, 15) is 0 Å². The Hall–Kier alpha value is -0.600. The lowest BCUT2D eigenvalue weighted by molar-refractivity contribution is 0.132. The topological polar surface area (TPSA) is 16.1 Å². The van der Waals surface area contributed by atoms with Crippen molar-refractivity contribution in [2.24, 2.45) is 5.92 Å². The van der Waals surface area contributed by atoms with Gasteiger partial charge in [-0.05, 0) is 36.9 Å².